The van der Waals surface area contributed by atoms with Gasteiger partial charge in [-0.05, 0) is 37.3 Å². The maximum Gasteiger partial charge on any atom is 0.267 e. The molecule has 0 aliphatic rings. The third-order valence-corrected chi connectivity index (χ3v) is 4.04. The first-order valence-corrected chi connectivity index (χ1v) is 7.95. The lowest BCUT2D eigenvalue weighted by Gasteiger charge is -2.07. The van der Waals surface area contributed by atoms with Crippen molar-refractivity contribution in [3.8, 4) is 11.3 Å². The summed E-state index contributed by atoms with van der Waals surface area (Å²) in [7, 11) is 0. The van der Waals surface area contributed by atoms with Crippen molar-refractivity contribution in [3.05, 3.63) is 63.6 Å². The zero-order chi connectivity index (χ0) is 17.1. The largest absolute Gasteiger partial charge is 0.300 e. The fourth-order valence-electron chi connectivity index (χ4n) is 2.04. The Kier molecular flexibility index (Phi) is 4.48. The summed E-state index contributed by atoms with van der Waals surface area (Å²) in [5.41, 5.74) is 1.55. The van der Waals surface area contributed by atoms with E-state index in [1.54, 1.807) is 12.1 Å². The van der Waals surface area contributed by atoms with Gasteiger partial charge in [0.15, 0.2) is 5.13 Å². The van der Waals surface area contributed by atoms with Crippen molar-refractivity contribution in [2.45, 2.75) is 13.5 Å². The minimum Gasteiger partial charge on any atom is -0.300 e. The van der Waals surface area contributed by atoms with E-state index in [9.17, 15) is 14.0 Å². The predicted molar refractivity (Wildman–Crippen MR) is 89.4 cm³/mol. The molecule has 3 aromatic rings. The van der Waals surface area contributed by atoms with Crippen molar-refractivity contribution in [1.82, 2.24) is 14.8 Å². The number of hydrogen-bond acceptors (Lipinski definition) is 5. The molecule has 0 fully saturated rings. The first-order chi connectivity index (χ1) is 11.5. The maximum absolute atomic E-state index is 13.0. The smallest absolute Gasteiger partial charge is 0.267 e. The molecule has 0 saturated carbocycles. The van der Waals surface area contributed by atoms with Gasteiger partial charge in [0.2, 0.25) is 5.91 Å². The average molecular weight is 344 g/mol. The Labute approximate surface area is 140 Å². The van der Waals surface area contributed by atoms with Gasteiger partial charge < -0.3 is 5.32 Å². The lowest BCUT2D eigenvalue weighted by Crippen LogP contribution is -2.29. The first-order valence-electron chi connectivity index (χ1n) is 7.07. The number of carbonyl (C=O) groups excluding carboxylic acids is 1. The van der Waals surface area contributed by atoms with Crippen LogP contribution in [0.15, 0.2) is 46.6 Å². The molecule has 0 spiro atoms. The normalized spacial score (nSPS) is 10.6. The molecule has 2 heterocycles. The number of anilines is 1. The third-order valence-electron chi connectivity index (χ3n) is 3.17. The second-order valence-electron chi connectivity index (χ2n) is 5.06. The molecule has 0 radical (unpaired) electrons. The van der Waals surface area contributed by atoms with Crippen molar-refractivity contribution in [2.75, 3.05) is 5.32 Å². The van der Waals surface area contributed by atoms with E-state index in [4.69, 9.17) is 0 Å². The Morgan fingerprint density at radius 1 is 1.25 bits per heavy atom. The quantitative estimate of drug-likeness (QED) is 0.789. The van der Waals surface area contributed by atoms with E-state index in [0.29, 0.717) is 16.4 Å². The van der Waals surface area contributed by atoms with E-state index >= 15 is 0 Å². The number of aromatic nitrogens is 3. The van der Waals surface area contributed by atoms with Crippen LogP contribution in [0, 0.1) is 12.7 Å². The average Bonchev–Trinajstić information content (AvgIpc) is 2.95. The van der Waals surface area contributed by atoms with Crippen molar-refractivity contribution in [2.24, 2.45) is 0 Å². The summed E-state index contributed by atoms with van der Waals surface area (Å²) in [5, 5.41) is 9.07. The number of benzene rings is 1. The Balaban J connectivity index is 1.80. The Bertz CT molecular complexity index is 934. The zero-order valence-corrected chi connectivity index (χ0v) is 13.5. The summed E-state index contributed by atoms with van der Waals surface area (Å²) < 4.78 is 14.1. The molecule has 8 heteroatoms. The standard InChI is InChI=1S/C16H13FN4O2S/c1-10-9-24-16(18-10)19-14(22)8-21-15(23)7-6-13(20-21)11-2-4-12(17)5-3-11/h2-7,9H,8H2,1H3,(H,18,19,22). The van der Waals surface area contributed by atoms with Crippen LogP contribution >= 0.6 is 11.3 Å². The number of aryl methyl sites for hydroxylation is 1. The molecule has 1 N–H and O–H groups in total. The summed E-state index contributed by atoms with van der Waals surface area (Å²) >= 11 is 1.31. The molecule has 24 heavy (non-hydrogen) atoms. The third kappa shape index (κ3) is 3.72. The molecule has 0 bridgehead atoms. The van der Waals surface area contributed by atoms with Gasteiger partial charge in [-0.1, -0.05) is 0 Å². The summed E-state index contributed by atoms with van der Waals surface area (Å²) in [4.78, 5) is 28.1. The number of halogens is 1. The van der Waals surface area contributed by atoms with E-state index in [0.717, 1.165) is 10.4 Å². The van der Waals surface area contributed by atoms with E-state index in [1.807, 2.05) is 12.3 Å². The lowest BCUT2D eigenvalue weighted by molar-refractivity contribution is -0.117. The van der Waals surface area contributed by atoms with Gasteiger partial charge in [-0.15, -0.1) is 11.3 Å². The Morgan fingerprint density at radius 2 is 2.00 bits per heavy atom. The molecule has 0 atom stereocenters. The minimum absolute atomic E-state index is 0.230. The van der Waals surface area contributed by atoms with Gasteiger partial charge >= 0.3 is 0 Å². The summed E-state index contributed by atoms with van der Waals surface area (Å²) in [5.74, 6) is -0.750. The Morgan fingerprint density at radius 3 is 2.67 bits per heavy atom. The summed E-state index contributed by atoms with van der Waals surface area (Å²) in [6.45, 7) is 1.59. The van der Waals surface area contributed by atoms with Crippen molar-refractivity contribution < 1.29 is 9.18 Å². The van der Waals surface area contributed by atoms with E-state index in [2.05, 4.69) is 15.4 Å². The molecule has 0 aliphatic heterocycles. The number of nitrogens with one attached hydrogen (secondary N) is 1. The highest BCUT2D eigenvalue weighted by molar-refractivity contribution is 7.13. The van der Waals surface area contributed by atoms with Gasteiger partial charge in [-0.3, -0.25) is 9.59 Å². The summed E-state index contributed by atoms with van der Waals surface area (Å²) in [6, 6.07) is 8.60. The lowest BCUT2D eigenvalue weighted by atomic mass is 10.1. The van der Waals surface area contributed by atoms with Gasteiger partial charge in [-0.25, -0.2) is 14.1 Å². The first kappa shape index (κ1) is 16.0. The van der Waals surface area contributed by atoms with E-state index in [-0.39, 0.29) is 12.4 Å². The van der Waals surface area contributed by atoms with Gasteiger partial charge in [0, 0.05) is 17.0 Å². The van der Waals surface area contributed by atoms with Crippen LogP contribution < -0.4 is 10.9 Å². The van der Waals surface area contributed by atoms with Crippen LogP contribution in [-0.2, 0) is 11.3 Å². The monoisotopic (exact) mass is 344 g/mol. The van der Waals surface area contributed by atoms with Crippen LogP contribution in [0.4, 0.5) is 9.52 Å². The molecule has 0 saturated heterocycles. The van der Waals surface area contributed by atoms with Crippen molar-refractivity contribution in [3.63, 3.8) is 0 Å². The molecule has 1 amide bonds. The zero-order valence-electron chi connectivity index (χ0n) is 12.7. The van der Waals surface area contributed by atoms with Gasteiger partial charge in [-0.2, -0.15) is 5.10 Å². The van der Waals surface area contributed by atoms with Crippen LogP contribution in [-0.4, -0.2) is 20.7 Å². The SMILES string of the molecule is Cc1csc(NC(=O)Cn2nc(-c3ccc(F)cc3)ccc2=O)n1. The minimum atomic E-state index is -0.397. The van der Waals surface area contributed by atoms with Crippen LogP contribution in [0.2, 0.25) is 0 Å². The van der Waals surface area contributed by atoms with Gasteiger partial charge in [0.25, 0.3) is 5.56 Å². The van der Waals surface area contributed by atoms with Crippen molar-refractivity contribution >= 4 is 22.4 Å². The number of amides is 1. The van der Waals surface area contributed by atoms with E-state index in [1.165, 1.54) is 35.6 Å². The molecular formula is C16H13FN4O2S. The molecule has 122 valence electrons. The van der Waals surface area contributed by atoms with E-state index < -0.39 is 11.5 Å². The highest BCUT2D eigenvalue weighted by Crippen LogP contribution is 2.16. The highest BCUT2D eigenvalue weighted by Gasteiger charge is 2.10. The highest BCUT2D eigenvalue weighted by atomic mass is 32.1. The molecular weight excluding hydrogens is 331 g/mol. The fraction of sp³-hybridized carbons (Fsp3) is 0.125. The molecule has 3 rings (SSSR count). The number of carbonyl (C=O) groups is 1. The van der Waals surface area contributed by atoms with Crippen LogP contribution in [0.1, 0.15) is 5.69 Å². The second kappa shape index (κ2) is 6.71. The van der Waals surface area contributed by atoms with Crippen molar-refractivity contribution in [1.29, 1.82) is 0 Å². The van der Waals surface area contributed by atoms with Crippen LogP contribution in [0.25, 0.3) is 11.3 Å². The molecule has 0 unspecified atom stereocenters. The fourth-order valence-corrected chi connectivity index (χ4v) is 2.75. The predicted octanol–water partition coefficient (Wildman–Crippen LogP) is 2.45. The molecule has 1 aromatic carbocycles. The molecule has 2 aromatic heterocycles. The molecule has 0 aliphatic carbocycles. The van der Waals surface area contributed by atoms with Crippen LogP contribution in [0.3, 0.4) is 0 Å². The number of hydrogen-bond donors (Lipinski definition) is 1. The number of thiazole rings is 1. The molecule has 6 nitrogen and oxygen atoms in total. The number of nitrogens with zero attached hydrogens (tertiary/aromatic N) is 3. The second-order valence-corrected chi connectivity index (χ2v) is 5.92. The Hall–Kier alpha value is -2.87. The van der Waals surface area contributed by atoms with Gasteiger partial charge in [0.05, 0.1) is 11.4 Å². The van der Waals surface area contributed by atoms with Crippen LogP contribution in [0.5, 0.6) is 0 Å². The van der Waals surface area contributed by atoms with Gasteiger partial charge in [0.1, 0.15) is 12.4 Å². The topological polar surface area (TPSA) is 76.9 Å². The summed E-state index contributed by atoms with van der Waals surface area (Å²) in [6.07, 6.45) is 0. The maximum atomic E-state index is 13.0. The number of rotatable bonds is 4.